The zero-order valence-corrected chi connectivity index (χ0v) is 18.4. The Hall–Kier alpha value is -3.92. The number of hydrogen-bond acceptors (Lipinski definition) is 7. The molecule has 0 fully saturated rings. The highest BCUT2D eigenvalue weighted by Crippen LogP contribution is 2.33. The first-order valence-corrected chi connectivity index (χ1v) is 10.0. The molecule has 3 rings (SSSR count). The van der Waals surface area contributed by atoms with Crippen LogP contribution in [0.1, 0.15) is 21.5 Å². The molecule has 164 valence electrons. The third kappa shape index (κ3) is 5.82. The summed E-state index contributed by atoms with van der Waals surface area (Å²) in [6.45, 7) is 0.234. The molecule has 9 nitrogen and oxygen atoms in total. The Kier molecular flexibility index (Phi) is 7.40. The number of nitro benzene ring substituents is 1. The molecule has 2 N–H and O–H groups in total. The number of nitro groups is 1. The summed E-state index contributed by atoms with van der Waals surface area (Å²) in [5.74, 6) is 0.0118. The summed E-state index contributed by atoms with van der Waals surface area (Å²) in [7, 11) is 1.52. The maximum Gasteiger partial charge on any atom is 0.335 e. The molecule has 0 saturated carbocycles. The van der Waals surface area contributed by atoms with E-state index >= 15 is 0 Å². The zero-order chi connectivity index (χ0) is 23.1. The highest BCUT2D eigenvalue weighted by Gasteiger charge is 2.10. The highest BCUT2D eigenvalue weighted by atomic mass is 79.9. The molecule has 0 heterocycles. The van der Waals surface area contributed by atoms with Crippen molar-refractivity contribution in [3.63, 3.8) is 0 Å². The van der Waals surface area contributed by atoms with Gasteiger partial charge in [-0.15, -0.1) is 0 Å². The molecule has 32 heavy (non-hydrogen) atoms. The van der Waals surface area contributed by atoms with Crippen molar-refractivity contribution < 1.29 is 24.3 Å². The van der Waals surface area contributed by atoms with Gasteiger partial charge in [-0.25, -0.2) is 4.79 Å². The SMILES string of the molecule is COc1cc(/C=N/Nc2ccc([N+](=O)[O-])cc2)c(Br)cc1OCc1ccc(C(=O)O)cc1. The molecule has 0 unspecified atom stereocenters. The van der Waals surface area contributed by atoms with Crippen molar-refractivity contribution in [3.05, 3.63) is 91.9 Å². The van der Waals surface area contributed by atoms with Gasteiger partial charge in [0, 0.05) is 22.2 Å². The number of carboxylic acid groups (broad SMARTS) is 1. The van der Waals surface area contributed by atoms with E-state index < -0.39 is 10.9 Å². The van der Waals surface area contributed by atoms with Crippen molar-refractivity contribution in [2.75, 3.05) is 12.5 Å². The summed E-state index contributed by atoms with van der Waals surface area (Å²) in [5, 5.41) is 23.8. The Morgan fingerprint density at radius 3 is 2.44 bits per heavy atom. The Labute approximate surface area is 191 Å². The number of hydrogen-bond donors (Lipinski definition) is 2. The Bertz CT molecular complexity index is 1150. The number of carboxylic acids is 1. The van der Waals surface area contributed by atoms with Crippen molar-refractivity contribution in [1.29, 1.82) is 0 Å². The fraction of sp³-hybridized carbons (Fsp3) is 0.0909. The van der Waals surface area contributed by atoms with Crippen molar-refractivity contribution in [2.24, 2.45) is 5.10 Å². The second-order valence-corrected chi connectivity index (χ2v) is 7.34. The van der Waals surface area contributed by atoms with Crippen molar-refractivity contribution in [1.82, 2.24) is 0 Å². The fourth-order valence-corrected chi connectivity index (χ4v) is 3.09. The molecule has 3 aromatic rings. The van der Waals surface area contributed by atoms with Crippen molar-refractivity contribution >= 4 is 39.5 Å². The molecule has 0 aliphatic heterocycles. The molecular weight excluding hydrogens is 482 g/mol. The average Bonchev–Trinajstić information content (AvgIpc) is 2.79. The second-order valence-electron chi connectivity index (χ2n) is 6.49. The lowest BCUT2D eigenvalue weighted by Gasteiger charge is -2.13. The summed E-state index contributed by atoms with van der Waals surface area (Å²) in [4.78, 5) is 21.2. The largest absolute Gasteiger partial charge is 0.493 e. The van der Waals surface area contributed by atoms with E-state index in [2.05, 4.69) is 26.5 Å². The molecule has 0 aromatic heterocycles. The van der Waals surface area contributed by atoms with E-state index in [1.165, 1.54) is 31.4 Å². The van der Waals surface area contributed by atoms with Gasteiger partial charge < -0.3 is 14.6 Å². The maximum absolute atomic E-state index is 10.9. The number of carbonyl (C=O) groups is 1. The minimum absolute atomic E-state index is 0.000396. The minimum Gasteiger partial charge on any atom is -0.493 e. The molecule has 0 amide bonds. The fourth-order valence-electron chi connectivity index (χ4n) is 2.66. The summed E-state index contributed by atoms with van der Waals surface area (Å²) >= 11 is 3.48. The van der Waals surface area contributed by atoms with E-state index in [0.29, 0.717) is 21.7 Å². The van der Waals surface area contributed by atoms with Crippen LogP contribution >= 0.6 is 15.9 Å². The quantitative estimate of drug-likeness (QED) is 0.238. The van der Waals surface area contributed by atoms with Gasteiger partial charge in [0.1, 0.15) is 6.61 Å². The third-order valence-electron chi connectivity index (χ3n) is 4.35. The molecule has 10 heteroatoms. The standard InChI is InChI=1S/C22H18BrN3O6/c1-31-20-10-16(12-24-25-17-6-8-18(9-7-17)26(29)30)19(23)11-21(20)32-13-14-2-4-15(5-3-14)22(27)28/h2-12,25H,13H2,1H3,(H,27,28)/b24-12+. The number of nitrogens with zero attached hydrogens (tertiary/aromatic N) is 2. The Morgan fingerprint density at radius 2 is 1.84 bits per heavy atom. The lowest BCUT2D eigenvalue weighted by atomic mass is 10.1. The van der Waals surface area contributed by atoms with Gasteiger partial charge in [-0.1, -0.05) is 12.1 Å². The second kappa shape index (κ2) is 10.4. The van der Waals surface area contributed by atoms with Crippen LogP contribution in [0.2, 0.25) is 0 Å². The molecule has 0 radical (unpaired) electrons. The van der Waals surface area contributed by atoms with Crippen LogP contribution < -0.4 is 14.9 Å². The van der Waals surface area contributed by atoms with E-state index in [1.54, 1.807) is 42.6 Å². The van der Waals surface area contributed by atoms with E-state index in [0.717, 1.165) is 11.1 Å². The van der Waals surface area contributed by atoms with Gasteiger partial charge in [0.15, 0.2) is 11.5 Å². The summed E-state index contributed by atoms with van der Waals surface area (Å²) in [6, 6.07) is 15.8. The molecular formula is C22H18BrN3O6. The first-order valence-electron chi connectivity index (χ1n) is 9.23. The summed E-state index contributed by atoms with van der Waals surface area (Å²) in [6.07, 6.45) is 1.57. The number of methoxy groups -OCH3 is 1. The van der Waals surface area contributed by atoms with Crippen LogP contribution in [0.3, 0.4) is 0 Å². The van der Waals surface area contributed by atoms with Crippen LogP contribution in [0.15, 0.2) is 70.2 Å². The predicted molar refractivity (Wildman–Crippen MR) is 123 cm³/mol. The van der Waals surface area contributed by atoms with Gasteiger partial charge in [0.2, 0.25) is 0 Å². The van der Waals surface area contributed by atoms with Gasteiger partial charge in [-0.2, -0.15) is 5.10 Å². The van der Waals surface area contributed by atoms with Crippen LogP contribution in [-0.2, 0) is 6.61 Å². The third-order valence-corrected chi connectivity index (χ3v) is 5.04. The normalized spacial score (nSPS) is 10.7. The highest BCUT2D eigenvalue weighted by molar-refractivity contribution is 9.10. The van der Waals surface area contributed by atoms with Gasteiger partial charge >= 0.3 is 5.97 Å². The van der Waals surface area contributed by atoms with Crippen LogP contribution in [-0.4, -0.2) is 29.3 Å². The molecule has 0 atom stereocenters. The first-order chi connectivity index (χ1) is 15.4. The smallest absolute Gasteiger partial charge is 0.335 e. The zero-order valence-electron chi connectivity index (χ0n) is 16.8. The number of halogens is 1. The number of benzene rings is 3. The number of anilines is 1. The van der Waals surface area contributed by atoms with Gasteiger partial charge in [-0.3, -0.25) is 15.5 Å². The van der Waals surface area contributed by atoms with Crippen LogP contribution in [0.4, 0.5) is 11.4 Å². The van der Waals surface area contributed by atoms with E-state index in [4.69, 9.17) is 14.6 Å². The van der Waals surface area contributed by atoms with E-state index in [-0.39, 0.29) is 17.9 Å². The Morgan fingerprint density at radius 1 is 1.16 bits per heavy atom. The lowest BCUT2D eigenvalue weighted by molar-refractivity contribution is -0.384. The summed E-state index contributed by atoms with van der Waals surface area (Å²) in [5.41, 5.74) is 5.15. The Balaban J connectivity index is 1.67. The van der Waals surface area contributed by atoms with Gasteiger partial charge in [0.25, 0.3) is 5.69 Å². The van der Waals surface area contributed by atoms with Gasteiger partial charge in [0.05, 0.1) is 29.5 Å². The number of aromatic carboxylic acids is 1. The number of rotatable bonds is 9. The molecule has 0 saturated heterocycles. The van der Waals surface area contributed by atoms with Gasteiger partial charge in [-0.05, 0) is 57.9 Å². The molecule has 0 aliphatic carbocycles. The van der Waals surface area contributed by atoms with Crippen molar-refractivity contribution in [3.8, 4) is 11.5 Å². The summed E-state index contributed by atoms with van der Waals surface area (Å²) < 4.78 is 12.0. The molecule has 0 bridgehead atoms. The molecule has 0 aliphatic rings. The van der Waals surface area contributed by atoms with Crippen LogP contribution in [0.5, 0.6) is 11.5 Å². The van der Waals surface area contributed by atoms with Crippen LogP contribution in [0.25, 0.3) is 0 Å². The first kappa shape index (κ1) is 22.8. The number of ether oxygens (including phenoxy) is 2. The van der Waals surface area contributed by atoms with Crippen molar-refractivity contribution in [2.45, 2.75) is 6.61 Å². The number of nitrogens with one attached hydrogen (secondary N) is 1. The maximum atomic E-state index is 10.9. The average molecular weight is 500 g/mol. The lowest BCUT2D eigenvalue weighted by Crippen LogP contribution is -2.01. The topological polar surface area (TPSA) is 123 Å². The van der Waals surface area contributed by atoms with E-state index in [1.807, 2.05) is 0 Å². The molecule has 0 spiro atoms. The van der Waals surface area contributed by atoms with E-state index in [9.17, 15) is 14.9 Å². The molecule has 3 aromatic carbocycles. The minimum atomic E-state index is -0.983. The number of non-ortho nitro benzene ring substituents is 1. The predicted octanol–water partition coefficient (Wildman–Crippen LogP) is 5.09. The monoisotopic (exact) mass is 499 g/mol. The van der Waals surface area contributed by atoms with Crippen LogP contribution in [0, 0.1) is 10.1 Å². The number of hydrazone groups is 1.